The van der Waals surface area contributed by atoms with E-state index in [4.69, 9.17) is 9.47 Å². The van der Waals surface area contributed by atoms with Crippen molar-refractivity contribution in [3.8, 4) is 0 Å². The van der Waals surface area contributed by atoms with Crippen molar-refractivity contribution in [1.82, 2.24) is 0 Å². The Morgan fingerprint density at radius 1 is 1.22 bits per heavy atom. The highest BCUT2D eigenvalue weighted by Gasteiger charge is 2.57. The van der Waals surface area contributed by atoms with Crippen LogP contribution >= 0.6 is 0 Å². The zero-order valence-electron chi connectivity index (χ0n) is 11.5. The molecule has 0 aromatic carbocycles. The minimum atomic E-state index is -1.17. The molecule has 0 amide bonds. The summed E-state index contributed by atoms with van der Waals surface area (Å²) in [6.45, 7) is 9.76. The Morgan fingerprint density at radius 3 is 2.11 bits per heavy atom. The molecule has 0 aromatic heterocycles. The van der Waals surface area contributed by atoms with Crippen LogP contribution in [0.1, 0.15) is 40.0 Å². The molecule has 102 valence electrons. The Morgan fingerprint density at radius 2 is 1.72 bits per heavy atom. The Balaban J connectivity index is 3.11. The molecular formula is C14H22O4. The molecule has 1 rings (SSSR count). The molecule has 1 atom stereocenters. The second-order valence-electron chi connectivity index (χ2n) is 4.70. The van der Waals surface area contributed by atoms with Crippen molar-refractivity contribution >= 4 is 11.9 Å². The second kappa shape index (κ2) is 6.03. The lowest BCUT2D eigenvalue weighted by Crippen LogP contribution is -2.45. The topological polar surface area (TPSA) is 52.6 Å². The van der Waals surface area contributed by atoms with E-state index < -0.39 is 17.4 Å². The summed E-state index contributed by atoms with van der Waals surface area (Å²) in [7, 11) is 0. The van der Waals surface area contributed by atoms with E-state index in [9.17, 15) is 9.59 Å². The van der Waals surface area contributed by atoms with Crippen molar-refractivity contribution in [2.45, 2.75) is 40.0 Å². The van der Waals surface area contributed by atoms with Crippen LogP contribution in [-0.4, -0.2) is 25.2 Å². The molecule has 0 aliphatic heterocycles. The van der Waals surface area contributed by atoms with Crippen molar-refractivity contribution in [2.75, 3.05) is 13.2 Å². The van der Waals surface area contributed by atoms with Crippen LogP contribution in [0, 0.1) is 11.3 Å². The van der Waals surface area contributed by atoms with Crippen LogP contribution in [0.3, 0.4) is 0 Å². The van der Waals surface area contributed by atoms with Crippen molar-refractivity contribution in [3.63, 3.8) is 0 Å². The van der Waals surface area contributed by atoms with Crippen LogP contribution in [0.25, 0.3) is 0 Å². The summed E-state index contributed by atoms with van der Waals surface area (Å²) in [4.78, 5) is 24.5. The largest absolute Gasteiger partial charge is 0.465 e. The molecule has 1 fully saturated rings. The third-order valence-corrected chi connectivity index (χ3v) is 3.53. The van der Waals surface area contributed by atoms with Gasteiger partial charge in [0.15, 0.2) is 5.41 Å². The molecule has 0 spiro atoms. The van der Waals surface area contributed by atoms with Gasteiger partial charge in [0.2, 0.25) is 0 Å². The van der Waals surface area contributed by atoms with Gasteiger partial charge in [0.1, 0.15) is 0 Å². The molecule has 1 unspecified atom stereocenters. The van der Waals surface area contributed by atoms with Crippen molar-refractivity contribution < 1.29 is 19.1 Å². The number of hydrogen-bond donors (Lipinski definition) is 0. The molecule has 0 bridgehead atoms. The lowest BCUT2D eigenvalue weighted by atomic mass is 9.74. The molecule has 0 N–H and O–H groups in total. The van der Waals surface area contributed by atoms with E-state index in [1.54, 1.807) is 13.8 Å². The third-order valence-electron chi connectivity index (χ3n) is 3.53. The number of carbonyl (C=O) groups is 2. The normalized spacial score (nSPS) is 21.4. The van der Waals surface area contributed by atoms with Gasteiger partial charge in [-0.25, -0.2) is 0 Å². The first-order valence-electron chi connectivity index (χ1n) is 6.50. The summed E-state index contributed by atoms with van der Waals surface area (Å²) in [6, 6.07) is 0. The first-order chi connectivity index (χ1) is 8.50. The smallest absolute Gasteiger partial charge is 0.324 e. The zero-order chi connectivity index (χ0) is 13.8. The molecule has 4 heteroatoms. The number of esters is 2. The maximum absolute atomic E-state index is 12.2. The van der Waals surface area contributed by atoms with E-state index in [1.807, 2.05) is 6.92 Å². The Hall–Kier alpha value is -1.32. The van der Waals surface area contributed by atoms with Crippen molar-refractivity contribution in [2.24, 2.45) is 11.3 Å². The maximum Gasteiger partial charge on any atom is 0.324 e. The number of carbonyl (C=O) groups excluding carboxylic acids is 2. The van der Waals surface area contributed by atoms with E-state index in [0.717, 1.165) is 18.4 Å². The lowest BCUT2D eigenvalue weighted by molar-refractivity contribution is -0.174. The third kappa shape index (κ3) is 2.42. The molecule has 1 aliphatic rings. The van der Waals surface area contributed by atoms with Gasteiger partial charge in [0.05, 0.1) is 13.2 Å². The minimum Gasteiger partial charge on any atom is -0.465 e. The van der Waals surface area contributed by atoms with Crippen LogP contribution in [0.5, 0.6) is 0 Å². The van der Waals surface area contributed by atoms with Crippen LogP contribution < -0.4 is 0 Å². The maximum atomic E-state index is 12.2. The quantitative estimate of drug-likeness (QED) is 0.429. The molecule has 0 aromatic rings. The highest BCUT2D eigenvalue weighted by molar-refractivity contribution is 6.01. The number of rotatable bonds is 5. The van der Waals surface area contributed by atoms with Gasteiger partial charge in [0, 0.05) is 5.92 Å². The highest BCUT2D eigenvalue weighted by Crippen LogP contribution is 2.48. The Bertz CT molecular complexity index is 328. The van der Waals surface area contributed by atoms with Gasteiger partial charge < -0.3 is 9.47 Å². The number of ether oxygens (including phenoxy) is 2. The van der Waals surface area contributed by atoms with Gasteiger partial charge in [-0.2, -0.15) is 0 Å². The summed E-state index contributed by atoms with van der Waals surface area (Å²) in [5.74, 6) is -1.10. The van der Waals surface area contributed by atoms with Gasteiger partial charge in [-0.15, -0.1) is 0 Å². The molecular weight excluding hydrogens is 232 g/mol. The van der Waals surface area contributed by atoms with Gasteiger partial charge in [-0.1, -0.05) is 18.6 Å². The monoisotopic (exact) mass is 254 g/mol. The van der Waals surface area contributed by atoms with Gasteiger partial charge in [0.25, 0.3) is 0 Å². The fourth-order valence-corrected chi connectivity index (χ4v) is 2.76. The van der Waals surface area contributed by atoms with Gasteiger partial charge in [-0.3, -0.25) is 9.59 Å². The Labute approximate surface area is 108 Å². The van der Waals surface area contributed by atoms with Crippen LogP contribution in [0.4, 0.5) is 0 Å². The summed E-state index contributed by atoms with van der Waals surface area (Å²) in [5, 5.41) is 0. The van der Waals surface area contributed by atoms with E-state index >= 15 is 0 Å². The first kappa shape index (κ1) is 14.7. The average molecular weight is 254 g/mol. The number of allylic oxidation sites excluding steroid dienone is 1. The fraction of sp³-hybridized carbons (Fsp3) is 0.714. The van der Waals surface area contributed by atoms with Crippen LogP contribution in [0.2, 0.25) is 0 Å². The molecule has 0 heterocycles. The minimum absolute atomic E-state index is 0.171. The summed E-state index contributed by atoms with van der Waals surface area (Å²) >= 11 is 0. The first-order valence-corrected chi connectivity index (χ1v) is 6.50. The molecule has 1 saturated carbocycles. The molecule has 18 heavy (non-hydrogen) atoms. The Kier molecular flexibility index (Phi) is 4.93. The second-order valence-corrected chi connectivity index (χ2v) is 4.70. The predicted molar refractivity (Wildman–Crippen MR) is 67.9 cm³/mol. The standard InChI is InChI=1S/C14H22O4/c1-5-17-12(15)14(13(16)18-6-2)9-7-8-11(14)10(3)4/h11H,3,5-9H2,1-2,4H3. The van der Waals surface area contributed by atoms with Crippen LogP contribution in [-0.2, 0) is 19.1 Å². The van der Waals surface area contributed by atoms with E-state index in [-0.39, 0.29) is 19.1 Å². The van der Waals surface area contributed by atoms with E-state index in [1.165, 1.54) is 0 Å². The fourth-order valence-electron chi connectivity index (χ4n) is 2.76. The zero-order valence-corrected chi connectivity index (χ0v) is 11.5. The molecule has 4 nitrogen and oxygen atoms in total. The van der Waals surface area contributed by atoms with Gasteiger partial charge in [-0.05, 0) is 33.6 Å². The average Bonchev–Trinajstić information content (AvgIpc) is 2.75. The van der Waals surface area contributed by atoms with Crippen molar-refractivity contribution in [3.05, 3.63) is 12.2 Å². The summed E-state index contributed by atoms with van der Waals surface area (Å²) in [6.07, 6.45) is 2.09. The molecule has 1 aliphatic carbocycles. The molecule has 0 saturated heterocycles. The van der Waals surface area contributed by atoms with E-state index in [0.29, 0.717) is 6.42 Å². The van der Waals surface area contributed by atoms with Crippen LogP contribution in [0.15, 0.2) is 12.2 Å². The number of hydrogen-bond acceptors (Lipinski definition) is 4. The SMILES string of the molecule is C=C(C)C1CCCC1(C(=O)OCC)C(=O)OCC. The summed E-state index contributed by atoms with van der Waals surface area (Å²) in [5.41, 5.74) is -0.327. The van der Waals surface area contributed by atoms with Crippen molar-refractivity contribution in [1.29, 1.82) is 0 Å². The highest BCUT2D eigenvalue weighted by atomic mass is 16.6. The van der Waals surface area contributed by atoms with E-state index in [2.05, 4.69) is 6.58 Å². The summed E-state index contributed by atoms with van der Waals surface area (Å²) < 4.78 is 10.2. The molecule has 0 radical (unpaired) electrons. The predicted octanol–water partition coefficient (Wildman–Crippen LogP) is 2.48. The lowest BCUT2D eigenvalue weighted by Gasteiger charge is -2.31. The van der Waals surface area contributed by atoms with Gasteiger partial charge >= 0.3 is 11.9 Å².